The summed E-state index contributed by atoms with van der Waals surface area (Å²) in [6.07, 6.45) is -1.72. The van der Waals surface area contributed by atoms with Crippen LogP contribution in [0.25, 0.3) is 11.4 Å². The Bertz CT molecular complexity index is 1270. The van der Waals surface area contributed by atoms with Crippen molar-refractivity contribution in [2.75, 3.05) is 12.4 Å². The highest BCUT2D eigenvalue weighted by Crippen LogP contribution is 2.31. The summed E-state index contributed by atoms with van der Waals surface area (Å²) in [5, 5.41) is 23.5. The number of carbonyl (C=O) groups excluding carboxylic acids is 1. The first-order valence-corrected chi connectivity index (χ1v) is 9.34. The molecule has 0 saturated carbocycles. The van der Waals surface area contributed by atoms with E-state index in [0.29, 0.717) is 17.3 Å². The van der Waals surface area contributed by atoms with Gasteiger partial charge in [0.25, 0.3) is 5.91 Å². The quantitative estimate of drug-likeness (QED) is 0.298. The van der Waals surface area contributed by atoms with Gasteiger partial charge in [-0.05, 0) is 42.5 Å². The first-order chi connectivity index (χ1) is 15.7. The van der Waals surface area contributed by atoms with Crippen LogP contribution in [0.5, 0.6) is 0 Å². The van der Waals surface area contributed by atoms with Crippen molar-refractivity contribution < 1.29 is 27.9 Å². The number of hydrogen-bond acceptors (Lipinski definition) is 5. The molecule has 33 heavy (non-hydrogen) atoms. The van der Waals surface area contributed by atoms with E-state index in [0.717, 1.165) is 12.1 Å². The van der Waals surface area contributed by atoms with Gasteiger partial charge in [-0.1, -0.05) is 6.07 Å². The Morgan fingerprint density at radius 2 is 1.85 bits per heavy atom. The van der Waals surface area contributed by atoms with Gasteiger partial charge in [-0.15, -0.1) is 0 Å². The van der Waals surface area contributed by atoms with Gasteiger partial charge in [0.2, 0.25) is 0 Å². The highest BCUT2D eigenvalue weighted by Gasteiger charge is 2.31. The van der Waals surface area contributed by atoms with Crippen LogP contribution >= 0.6 is 0 Å². The third-order valence-electron chi connectivity index (χ3n) is 4.53. The topological polar surface area (TPSA) is 120 Å². The van der Waals surface area contributed by atoms with Crippen LogP contribution in [0.1, 0.15) is 17.0 Å². The second-order valence-corrected chi connectivity index (χ2v) is 6.62. The molecule has 8 nitrogen and oxygen atoms in total. The molecule has 0 radical (unpaired) electrons. The van der Waals surface area contributed by atoms with Crippen LogP contribution in [0.3, 0.4) is 0 Å². The normalized spacial score (nSPS) is 11.8. The SMILES string of the molecule is CN/C(=C(/C(=O)O)C(=O)Nc1cccc(C(F)(F)F)c1)c1nccn1-c1ccc(C#N)cc1. The fourth-order valence-electron chi connectivity index (χ4n) is 3.03. The zero-order valence-corrected chi connectivity index (χ0v) is 17.0. The molecule has 0 aliphatic carbocycles. The number of anilines is 1. The van der Waals surface area contributed by atoms with Crippen LogP contribution in [0.4, 0.5) is 18.9 Å². The Kier molecular flexibility index (Phi) is 6.48. The minimum Gasteiger partial charge on any atom is -0.477 e. The van der Waals surface area contributed by atoms with Gasteiger partial charge in [0.15, 0.2) is 11.4 Å². The van der Waals surface area contributed by atoms with Crippen molar-refractivity contribution in [2.45, 2.75) is 6.18 Å². The number of benzene rings is 2. The summed E-state index contributed by atoms with van der Waals surface area (Å²) in [7, 11) is 1.38. The summed E-state index contributed by atoms with van der Waals surface area (Å²) in [5.41, 5.74) is -1.18. The molecule has 1 aromatic heterocycles. The summed E-state index contributed by atoms with van der Waals surface area (Å²) < 4.78 is 40.4. The standard InChI is InChI=1S/C22H16F3N5O3/c1-27-18(19-28-9-10-30(19)16-7-5-13(12-26)6-8-16)17(21(32)33)20(31)29-15-4-2-3-14(11-15)22(23,24)25/h2-11,27H,1H3,(H,29,31)(H,32,33)/b18-17+. The lowest BCUT2D eigenvalue weighted by Gasteiger charge is -2.15. The number of nitriles is 1. The van der Waals surface area contributed by atoms with Crippen molar-refractivity contribution in [3.63, 3.8) is 0 Å². The van der Waals surface area contributed by atoms with Crippen molar-refractivity contribution in [3.8, 4) is 11.8 Å². The average molecular weight is 455 g/mol. The van der Waals surface area contributed by atoms with Gasteiger partial charge >= 0.3 is 12.1 Å². The molecule has 11 heteroatoms. The van der Waals surface area contributed by atoms with Crippen LogP contribution < -0.4 is 10.6 Å². The minimum atomic E-state index is -4.63. The zero-order chi connectivity index (χ0) is 24.2. The lowest BCUT2D eigenvalue weighted by atomic mass is 10.1. The van der Waals surface area contributed by atoms with Crippen molar-refractivity contribution in [1.29, 1.82) is 5.26 Å². The third-order valence-corrected chi connectivity index (χ3v) is 4.53. The number of nitrogens with zero attached hydrogens (tertiary/aromatic N) is 3. The summed E-state index contributed by atoms with van der Waals surface area (Å²) in [5.74, 6) is -2.68. The fourth-order valence-corrected chi connectivity index (χ4v) is 3.03. The maximum Gasteiger partial charge on any atom is 0.416 e. The van der Waals surface area contributed by atoms with Crippen LogP contribution in [-0.2, 0) is 15.8 Å². The number of rotatable bonds is 6. The molecule has 3 N–H and O–H groups in total. The number of aromatic nitrogens is 2. The van der Waals surface area contributed by atoms with Crippen LogP contribution in [0.2, 0.25) is 0 Å². The summed E-state index contributed by atoms with van der Waals surface area (Å²) in [6, 6.07) is 12.2. The Hall–Kier alpha value is -4.59. The Balaban J connectivity index is 2.04. The number of halogens is 3. The van der Waals surface area contributed by atoms with E-state index in [-0.39, 0.29) is 17.2 Å². The molecule has 3 aromatic rings. The third kappa shape index (κ3) is 5.01. The van der Waals surface area contributed by atoms with Crippen molar-refractivity contribution in [2.24, 2.45) is 0 Å². The minimum absolute atomic E-state index is 0.0683. The molecule has 168 valence electrons. The highest BCUT2D eigenvalue weighted by molar-refractivity contribution is 6.25. The predicted octanol–water partition coefficient (Wildman–Crippen LogP) is 3.42. The van der Waals surface area contributed by atoms with Crippen molar-refractivity contribution in [1.82, 2.24) is 14.9 Å². The second kappa shape index (κ2) is 9.27. The number of carboxylic acid groups (broad SMARTS) is 1. The smallest absolute Gasteiger partial charge is 0.416 e. The highest BCUT2D eigenvalue weighted by atomic mass is 19.4. The molecule has 0 spiro atoms. The molecule has 0 aliphatic rings. The lowest BCUT2D eigenvalue weighted by molar-refractivity contribution is -0.138. The Morgan fingerprint density at radius 1 is 1.15 bits per heavy atom. The monoisotopic (exact) mass is 455 g/mol. The molecule has 0 fully saturated rings. The van der Waals surface area contributed by atoms with E-state index in [1.54, 1.807) is 24.3 Å². The number of imidazole rings is 1. The second-order valence-electron chi connectivity index (χ2n) is 6.62. The summed E-state index contributed by atoms with van der Waals surface area (Å²) >= 11 is 0. The van der Waals surface area contributed by atoms with Gasteiger partial charge < -0.3 is 15.7 Å². The van der Waals surface area contributed by atoms with Crippen LogP contribution in [0.15, 0.2) is 66.5 Å². The van der Waals surface area contributed by atoms with E-state index < -0.39 is 29.2 Å². The van der Waals surface area contributed by atoms with Gasteiger partial charge in [0.05, 0.1) is 22.9 Å². The molecule has 0 aliphatic heterocycles. The molecule has 0 atom stereocenters. The maximum absolute atomic E-state index is 13.0. The number of nitrogens with one attached hydrogen (secondary N) is 2. The van der Waals surface area contributed by atoms with E-state index in [9.17, 15) is 27.9 Å². The first-order valence-electron chi connectivity index (χ1n) is 9.34. The van der Waals surface area contributed by atoms with Crippen LogP contribution in [-0.4, -0.2) is 33.6 Å². The maximum atomic E-state index is 13.0. The van der Waals surface area contributed by atoms with E-state index in [1.807, 2.05) is 6.07 Å². The number of amides is 1. The Morgan fingerprint density at radius 3 is 2.42 bits per heavy atom. The number of alkyl halides is 3. The zero-order valence-electron chi connectivity index (χ0n) is 17.0. The van der Waals surface area contributed by atoms with Gasteiger partial charge in [-0.2, -0.15) is 18.4 Å². The summed E-state index contributed by atoms with van der Waals surface area (Å²) in [4.78, 5) is 28.9. The lowest BCUT2D eigenvalue weighted by Crippen LogP contribution is -2.26. The Labute approximate surface area is 185 Å². The number of aliphatic carboxylic acids is 1. The van der Waals surface area contributed by atoms with Gasteiger partial charge in [-0.3, -0.25) is 9.36 Å². The van der Waals surface area contributed by atoms with E-state index >= 15 is 0 Å². The molecule has 0 unspecified atom stereocenters. The van der Waals surface area contributed by atoms with E-state index in [4.69, 9.17) is 5.26 Å². The molecule has 2 aromatic carbocycles. The number of carboxylic acids is 1. The van der Waals surface area contributed by atoms with E-state index in [2.05, 4.69) is 15.6 Å². The average Bonchev–Trinajstić information content (AvgIpc) is 3.26. The van der Waals surface area contributed by atoms with Crippen molar-refractivity contribution in [3.05, 3.63) is 83.4 Å². The predicted molar refractivity (Wildman–Crippen MR) is 112 cm³/mol. The van der Waals surface area contributed by atoms with Crippen LogP contribution in [0, 0.1) is 11.3 Å². The molecule has 1 amide bonds. The molecule has 3 rings (SSSR count). The van der Waals surface area contributed by atoms with Gasteiger partial charge in [0, 0.05) is 30.8 Å². The number of carbonyl (C=O) groups is 2. The molecule has 0 saturated heterocycles. The number of hydrogen-bond donors (Lipinski definition) is 3. The largest absolute Gasteiger partial charge is 0.477 e. The molecule has 0 bridgehead atoms. The van der Waals surface area contributed by atoms with Gasteiger partial charge in [-0.25, -0.2) is 9.78 Å². The fraction of sp³-hybridized carbons (Fsp3) is 0.0909. The van der Waals surface area contributed by atoms with Crippen molar-refractivity contribution >= 4 is 23.3 Å². The van der Waals surface area contributed by atoms with Gasteiger partial charge in [0.1, 0.15) is 0 Å². The van der Waals surface area contributed by atoms with E-state index in [1.165, 1.54) is 30.1 Å². The molecular formula is C22H16F3N5O3. The molecular weight excluding hydrogens is 439 g/mol. The summed E-state index contributed by atoms with van der Waals surface area (Å²) in [6.45, 7) is 0. The molecule has 1 heterocycles. The first kappa shape index (κ1) is 23.1.